The number of H-pyrrole nitrogens is 1. The molecule has 1 atom stereocenters. The van der Waals surface area contributed by atoms with E-state index in [1.54, 1.807) is 41.7 Å². The molecule has 1 amide bonds. The third-order valence-electron chi connectivity index (χ3n) is 15.7. The molecule has 66 heavy (non-hydrogen) atoms. The molecule has 10 rings (SSSR count). The molecule has 5 aromatic rings. The number of ether oxygens (including phenoxy) is 1. The van der Waals surface area contributed by atoms with Gasteiger partial charge in [-0.15, -0.1) is 0 Å². The molecule has 1 spiro atoms. The number of benzene rings is 2. The predicted molar refractivity (Wildman–Crippen MR) is 256 cm³/mol. The van der Waals surface area contributed by atoms with Gasteiger partial charge >= 0.3 is 5.69 Å². The first kappa shape index (κ1) is 44.3. The molecule has 3 aromatic heterocycles. The zero-order valence-corrected chi connectivity index (χ0v) is 39.0. The van der Waals surface area contributed by atoms with Crippen LogP contribution in [0.5, 0.6) is 11.5 Å². The van der Waals surface area contributed by atoms with Crippen molar-refractivity contribution in [2.75, 3.05) is 36.4 Å². The second-order valence-electron chi connectivity index (χ2n) is 20.6. The maximum absolute atomic E-state index is 14.0. The van der Waals surface area contributed by atoms with E-state index in [4.69, 9.17) is 4.74 Å². The molecule has 5 aliphatic rings. The van der Waals surface area contributed by atoms with Gasteiger partial charge in [-0.3, -0.25) is 19.8 Å². The lowest BCUT2D eigenvalue weighted by molar-refractivity contribution is -0.384. The Morgan fingerprint density at radius 1 is 0.879 bits per heavy atom. The summed E-state index contributed by atoms with van der Waals surface area (Å²) in [6.07, 6.45) is 20.7. The molecule has 3 aliphatic carbocycles. The number of piperidine rings is 1. The van der Waals surface area contributed by atoms with E-state index in [0.717, 1.165) is 80.9 Å². The van der Waals surface area contributed by atoms with Gasteiger partial charge in [-0.1, -0.05) is 38.1 Å². The average molecular weight is 915 g/mol. The number of nitrogens with zero attached hydrogens (tertiary/aromatic N) is 5. The van der Waals surface area contributed by atoms with Gasteiger partial charge in [-0.2, -0.15) is 0 Å². The Kier molecular flexibility index (Phi) is 12.0. The van der Waals surface area contributed by atoms with E-state index >= 15 is 0 Å². The number of rotatable bonds is 13. The summed E-state index contributed by atoms with van der Waals surface area (Å²) in [5.41, 5.74) is 4.82. The van der Waals surface area contributed by atoms with Crippen molar-refractivity contribution in [3.63, 3.8) is 0 Å². The van der Waals surface area contributed by atoms with Crippen LogP contribution in [0.4, 0.5) is 17.2 Å². The van der Waals surface area contributed by atoms with Crippen LogP contribution in [-0.4, -0.2) is 71.3 Å². The molecule has 2 saturated heterocycles. The molecule has 3 saturated carbocycles. The van der Waals surface area contributed by atoms with Gasteiger partial charge in [0.15, 0.2) is 0 Å². The first-order valence-electron chi connectivity index (χ1n) is 24.1. The van der Waals surface area contributed by atoms with Crippen molar-refractivity contribution in [1.29, 1.82) is 0 Å². The van der Waals surface area contributed by atoms with E-state index in [-0.39, 0.29) is 22.5 Å². The Bertz CT molecular complexity index is 2710. The minimum Gasteiger partial charge on any atom is -0.455 e. The summed E-state index contributed by atoms with van der Waals surface area (Å²) in [7, 11) is -4.60. The fourth-order valence-electron chi connectivity index (χ4n) is 11.5. The zero-order valence-electron chi connectivity index (χ0n) is 38.1. The monoisotopic (exact) mass is 914 g/mol. The number of sulfonamides is 1. The predicted octanol–water partition coefficient (Wildman–Crippen LogP) is 10.6. The normalized spacial score (nSPS) is 21.5. The topological polar surface area (TPSA) is 176 Å². The molecule has 0 radical (unpaired) electrons. The lowest BCUT2D eigenvalue weighted by Crippen LogP contribution is -2.45. The van der Waals surface area contributed by atoms with Gasteiger partial charge < -0.3 is 19.9 Å². The standard InChI is InChI=1S/C51H62N8O6S/c1-50(2)18-13-34(14-19-50)31-53-48-45(59(61)62)30-40(33-55-48)66(63,64)56-49(60)43-12-11-38(29-46(43)65-39-28-36-17-24-52-47(36)54-32-39)57-26-22-51(23-27-57)20-15-37(16-21-51)58-25-5-8-44(58)42-7-4-3-6-41(42)35-9-10-35/h3-4,6-7,11-12,17,24,28-30,32-35,37,44H,5,8-10,13-16,18-23,25-27,31H2,1-2H3,(H,52,54)(H,53,55)(H,56,60)/t44-/m0/s1. The van der Waals surface area contributed by atoms with Crippen LogP contribution in [0.25, 0.3) is 11.0 Å². The number of carbonyl (C=O) groups excluding carboxylic acids is 1. The van der Waals surface area contributed by atoms with Crippen LogP contribution < -0.4 is 19.7 Å². The minimum absolute atomic E-state index is 0.00759. The smallest absolute Gasteiger partial charge is 0.312 e. The molecule has 0 bridgehead atoms. The van der Waals surface area contributed by atoms with Crippen LogP contribution in [0, 0.1) is 26.9 Å². The third kappa shape index (κ3) is 9.38. The van der Waals surface area contributed by atoms with Crippen LogP contribution in [0.2, 0.25) is 0 Å². The summed E-state index contributed by atoms with van der Waals surface area (Å²) in [6.45, 7) is 7.90. The molecule has 5 heterocycles. The highest BCUT2D eigenvalue weighted by Gasteiger charge is 2.43. The van der Waals surface area contributed by atoms with E-state index in [1.807, 2.05) is 12.1 Å². The van der Waals surface area contributed by atoms with Gasteiger partial charge in [0.1, 0.15) is 22.0 Å². The summed E-state index contributed by atoms with van der Waals surface area (Å²) in [5, 5.41) is 16.1. The molecule has 5 fully saturated rings. The van der Waals surface area contributed by atoms with Gasteiger partial charge in [0.05, 0.1) is 22.9 Å². The Balaban J connectivity index is 0.824. The van der Waals surface area contributed by atoms with Crippen molar-refractivity contribution in [3.8, 4) is 11.5 Å². The van der Waals surface area contributed by atoms with Gasteiger partial charge in [-0.25, -0.2) is 23.1 Å². The van der Waals surface area contributed by atoms with Gasteiger partial charge in [-0.05, 0) is 154 Å². The van der Waals surface area contributed by atoms with E-state index in [1.165, 1.54) is 57.9 Å². The van der Waals surface area contributed by atoms with Crippen LogP contribution in [0.15, 0.2) is 84.1 Å². The largest absolute Gasteiger partial charge is 0.455 e. The van der Waals surface area contributed by atoms with E-state index < -0.39 is 31.4 Å². The van der Waals surface area contributed by atoms with Crippen molar-refractivity contribution in [2.24, 2.45) is 16.7 Å². The Hall–Kier alpha value is -5.54. The van der Waals surface area contributed by atoms with Crippen LogP contribution in [-0.2, 0) is 10.0 Å². The lowest BCUT2D eigenvalue weighted by atomic mass is 9.66. The first-order chi connectivity index (χ1) is 31.8. The number of nitro groups is 1. The van der Waals surface area contributed by atoms with Crippen molar-refractivity contribution in [1.82, 2.24) is 24.6 Å². The number of pyridine rings is 2. The molecule has 2 aromatic carbocycles. The molecule has 0 unspecified atom stereocenters. The number of carbonyl (C=O) groups is 1. The number of aromatic nitrogens is 3. The zero-order chi connectivity index (χ0) is 45.6. The van der Waals surface area contributed by atoms with Crippen molar-refractivity contribution >= 4 is 44.2 Å². The number of fused-ring (bicyclic) bond motifs is 1. The molecule has 15 heteroatoms. The average Bonchev–Trinajstić information content (AvgIpc) is 3.85. The minimum atomic E-state index is -4.60. The fraction of sp³-hybridized carbons (Fsp3) is 0.510. The SMILES string of the molecule is CC1(C)CCC(CNc2ncc(S(=O)(=O)NC(=O)c3ccc(N4CCC5(CCC(N6CCC[C@H]6c6ccccc6C6CC6)CC5)CC4)cc3Oc3cnc4[nH]ccc4c3)cc2[N+](=O)[O-])CC1. The number of aromatic amines is 1. The van der Waals surface area contributed by atoms with Crippen molar-refractivity contribution in [3.05, 3.63) is 106 Å². The van der Waals surface area contributed by atoms with E-state index in [2.05, 4.69) is 72.9 Å². The van der Waals surface area contributed by atoms with Gasteiger partial charge in [0.2, 0.25) is 5.82 Å². The maximum atomic E-state index is 14.0. The van der Waals surface area contributed by atoms with Gasteiger partial charge in [0, 0.05) is 61.1 Å². The van der Waals surface area contributed by atoms with E-state index in [9.17, 15) is 23.3 Å². The lowest BCUT2D eigenvalue weighted by Gasteiger charge is -2.48. The highest BCUT2D eigenvalue weighted by molar-refractivity contribution is 7.90. The molecular formula is C51H62N8O6S. The highest BCUT2D eigenvalue weighted by Crippen LogP contribution is 2.51. The number of nitrogens with one attached hydrogen (secondary N) is 3. The third-order valence-corrected chi connectivity index (χ3v) is 17.0. The summed E-state index contributed by atoms with van der Waals surface area (Å²) in [4.78, 5) is 41.9. The highest BCUT2D eigenvalue weighted by atomic mass is 32.2. The summed E-state index contributed by atoms with van der Waals surface area (Å²) < 4.78 is 36.0. The molecular weight excluding hydrogens is 853 g/mol. The molecule has 2 aliphatic heterocycles. The van der Waals surface area contributed by atoms with Gasteiger partial charge in [0.25, 0.3) is 15.9 Å². The number of likely N-dealkylation sites (tertiary alicyclic amines) is 1. The summed E-state index contributed by atoms with van der Waals surface area (Å²) in [5.74, 6) is 0.677. The van der Waals surface area contributed by atoms with Crippen molar-refractivity contribution in [2.45, 2.75) is 127 Å². The molecule has 3 N–H and O–H groups in total. The number of anilines is 2. The van der Waals surface area contributed by atoms with Crippen molar-refractivity contribution < 1.29 is 22.9 Å². The summed E-state index contributed by atoms with van der Waals surface area (Å²) >= 11 is 0. The first-order valence-corrected chi connectivity index (χ1v) is 25.6. The number of amides is 1. The molecule has 348 valence electrons. The quantitative estimate of drug-likeness (QED) is 0.0757. The number of hydrogen-bond acceptors (Lipinski definition) is 11. The van der Waals surface area contributed by atoms with Crippen LogP contribution >= 0.6 is 0 Å². The fourth-order valence-corrected chi connectivity index (χ4v) is 12.4. The molecule has 14 nitrogen and oxygen atoms in total. The van der Waals surface area contributed by atoms with Crippen LogP contribution in [0.1, 0.15) is 137 Å². The second-order valence-corrected chi connectivity index (χ2v) is 22.3. The summed E-state index contributed by atoms with van der Waals surface area (Å²) in [6, 6.07) is 20.2. The van der Waals surface area contributed by atoms with E-state index in [0.29, 0.717) is 41.4 Å². The number of hydrogen-bond donors (Lipinski definition) is 3. The maximum Gasteiger partial charge on any atom is 0.312 e. The second kappa shape index (κ2) is 17.9. The van der Waals surface area contributed by atoms with Crippen LogP contribution in [0.3, 0.4) is 0 Å². The Morgan fingerprint density at radius 2 is 1.64 bits per heavy atom. The Labute approximate surface area is 387 Å². The Morgan fingerprint density at radius 3 is 2.38 bits per heavy atom.